The molecule has 94 valence electrons. The van der Waals surface area contributed by atoms with Crippen LogP contribution in [0.3, 0.4) is 0 Å². The van der Waals surface area contributed by atoms with Crippen molar-refractivity contribution < 1.29 is 4.39 Å². The van der Waals surface area contributed by atoms with Gasteiger partial charge in [0.2, 0.25) is 0 Å². The molecule has 4 nitrogen and oxygen atoms in total. The number of benzene rings is 1. The third-order valence-corrected chi connectivity index (χ3v) is 2.86. The van der Waals surface area contributed by atoms with Crippen molar-refractivity contribution in [2.75, 3.05) is 5.73 Å². The fraction of sp³-hybridized carbons (Fsp3) is 0.231. The van der Waals surface area contributed by atoms with Gasteiger partial charge in [-0.15, -0.1) is 0 Å². The normalized spacial score (nSPS) is 10.6. The first-order chi connectivity index (χ1) is 8.52. The van der Waals surface area contributed by atoms with Gasteiger partial charge in [0.05, 0.1) is 5.56 Å². The van der Waals surface area contributed by atoms with Crippen molar-refractivity contribution in [2.45, 2.75) is 20.3 Å². The number of nitrogens with one attached hydrogen (secondary N) is 1. The molecule has 1 aromatic heterocycles. The van der Waals surface area contributed by atoms with E-state index in [9.17, 15) is 9.18 Å². The zero-order chi connectivity index (χ0) is 13.3. The lowest BCUT2D eigenvalue weighted by Gasteiger charge is -2.08. The summed E-state index contributed by atoms with van der Waals surface area (Å²) in [7, 11) is 0. The molecule has 2 aromatic rings. The number of hydrogen-bond acceptors (Lipinski definition) is 3. The predicted molar refractivity (Wildman–Crippen MR) is 68.8 cm³/mol. The number of aryl methyl sites for hydroxylation is 1. The Morgan fingerprint density at radius 1 is 1.44 bits per heavy atom. The van der Waals surface area contributed by atoms with Crippen LogP contribution in [0, 0.1) is 12.7 Å². The van der Waals surface area contributed by atoms with Crippen LogP contribution in [0.25, 0.3) is 11.4 Å². The van der Waals surface area contributed by atoms with Crippen molar-refractivity contribution >= 4 is 5.82 Å². The Morgan fingerprint density at radius 3 is 2.78 bits per heavy atom. The maximum Gasteiger partial charge on any atom is 0.256 e. The van der Waals surface area contributed by atoms with Crippen LogP contribution in [-0.2, 0) is 6.42 Å². The molecule has 0 spiro atoms. The van der Waals surface area contributed by atoms with E-state index in [2.05, 4.69) is 9.97 Å². The molecule has 1 aromatic carbocycles. The Balaban J connectivity index is 2.65. The smallest absolute Gasteiger partial charge is 0.256 e. The van der Waals surface area contributed by atoms with Gasteiger partial charge in [0.15, 0.2) is 0 Å². The molecule has 0 aliphatic rings. The van der Waals surface area contributed by atoms with E-state index in [1.165, 1.54) is 12.1 Å². The summed E-state index contributed by atoms with van der Waals surface area (Å²) in [6, 6.07) is 4.33. The molecule has 0 fully saturated rings. The van der Waals surface area contributed by atoms with E-state index in [1.807, 2.05) is 13.8 Å². The first-order valence-corrected chi connectivity index (χ1v) is 5.68. The highest BCUT2D eigenvalue weighted by Crippen LogP contribution is 2.21. The van der Waals surface area contributed by atoms with Crippen LogP contribution in [0.2, 0.25) is 0 Å². The summed E-state index contributed by atoms with van der Waals surface area (Å²) in [6.07, 6.45) is 0.510. The lowest BCUT2D eigenvalue weighted by atomic mass is 10.1. The molecule has 0 aliphatic heterocycles. The van der Waals surface area contributed by atoms with Gasteiger partial charge in [-0.3, -0.25) is 4.79 Å². The van der Waals surface area contributed by atoms with Gasteiger partial charge >= 0.3 is 0 Å². The third-order valence-electron chi connectivity index (χ3n) is 2.86. The van der Waals surface area contributed by atoms with Crippen LogP contribution in [0.5, 0.6) is 0 Å². The Hall–Kier alpha value is -2.17. The Morgan fingerprint density at radius 2 is 2.17 bits per heavy atom. The second-order valence-electron chi connectivity index (χ2n) is 4.09. The number of halogens is 1. The van der Waals surface area contributed by atoms with Crippen LogP contribution in [0.4, 0.5) is 10.2 Å². The largest absolute Gasteiger partial charge is 0.383 e. The average Bonchev–Trinajstić information content (AvgIpc) is 2.32. The average molecular weight is 247 g/mol. The summed E-state index contributed by atoms with van der Waals surface area (Å²) in [4.78, 5) is 18.6. The highest BCUT2D eigenvalue weighted by atomic mass is 19.1. The maximum atomic E-state index is 13.2. The van der Waals surface area contributed by atoms with E-state index in [0.717, 1.165) is 5.56 Å². The van der Waals surface area contributed by atoms with Crippen molar-refractivity contribution in [3.8, 4) is 11.4 Å². The van der Waals surface area contributed by atoms with Gasteiger partial charge in [-0.25, -0.2) is 9.37 Å². The molecule has 0 saturated heterocycles. The van der Waals surface area contributed by atoms with Crippen LogP contribution in [-0.4, -0.2) is 9.97 Å². The van der Waals surface area contributed by atoms with Gasteiger partial charge in [-0.1, -0.05) is 13.0 Å². The van der Waals surface area contributed by atoms with Gasteiger partial charge in [0.1, 0.15) is 17.5 Å². The Bertz CT molecular complexity index is 649. The van der Waals surface area contributed by atoms with Crippen molar-refractivity contribution in [2.24, 2.45) is 0 Å². The van der Waals surface area contributed by atoms with E-state index >= 15 is 0 Å². The van der Waals surface area contributed by atoms with Gasteiger partial charge in [0.25, 0.3) is 5.56 Å². The minimum Gasteiger partial charge on any atom is -0.383 e. The SMILES string of the molecule is CCc1c(N)nc(-c2cc(F)ccc2C)[nH]c1=O. The van der Waals surface area contributed by atoms with Crippen LogP contribution < -0.4 is 11.3 Å². The molecule has 2 rings (SSSR count). The van der Waals surface area contributed by atoms with Crippen LogP contribution in [0.1, 0.15) is 18.1 Å². The molecule has 0 unspecified atom stereocenters. The summed E-state index contributed by atoms with van der Waals surface area (Å²) in [6.45, 7) is 3.65. The fourth-order valence-corrected chi connectivity index (χ4v) is 1.83. The van der Waals surface area contributed by atoms with E-state index in [-0.39, 0.29) is 17.2 Å². The summed E-state index contributed by atoms with van der Waals surface area (Å²) in [5.41, 5.74) is 7.28. The number of aromatic nitrogens is 2. The van der Waals surface area contributed by atoms with Gasteiger partial charge in [-0.05, 0) is 31.0 Å². The van der Waals surface area contributed by atoms with E-state index in [4.69, 9.17) is 5.73 Å². The molecule has 5 heteroatoms. The lowest BCUT2D eigenvalue weighted by molar-refractivity contribution is 0.627. The lowest BCUT2D eigenvalue weighted by Crippen LogP contribution is -2.17. The van der Waals surface area contributed by atoms with Crippen molar-refractivity contribution in [3.05, 3.63) is 45.5 Å². The van der Waals surface area contributed by atoms with E-state index in [1.54, 1.807) is 6.07 Å². The first-order valence-electron chi connectivity index (χ1n) is 5.68. The number of nitrogens with zero attached hydrogens (tertiary/aromatic N) is 1. The van der Waals surface area contributed by atoms with Gasteiger partial charge in [0, 0.05) is 5.56 Å². The summed E-state index contributed by atoms with van der Waals surface area (Å²) < 4.78 is 13.2. The summed E-state index contributed by atoms with van der Waals surface area (Å²) in [5.74, 6) is 0.114. The molecule has 3 N–H and O–H groups in total. The standard InChI is InChI=1S/C13H14FN3O/c1-3-9-11(15)16-12(17-13(9)18)10-6-8(14)5-4-7(10)2/h4-6H,3H2,1-2H3,(H3,15,16,17,18). The minimum absolute atomic E-state index is 0.194. The molecule has 0 amide bonds. The molecular formula is C13H14FN3O. The highest BCUT2D eigenvalue weighted by molar-refractivity contribution is 5.61. The molecular weight excluding hydrogens is 233 g/mol. The Labute approximate surface area is 104 Å². The molecule has 0 saturated carbocycles. The monoisotopic (exact) mass is 247 g/mol. The summed E-state index contributed by atoms with van der Waals surface area (Å²) in [5, 5.41) is 0. The number of aromatic amines is 1. The van der Waals surface area contributed by atoms with E-state index < -0.39 is 0 Å². The number of nitrogens with two attached hydrogens (primary N) is 1. The molecule has 1 heterocycles. The second kappa shape index (κ2) is 4.60. The maximum absolute atomic E-state index is 13.2. The van der Waals surface area contributed by atoms with Crippen molar-refractivity contribution in [1.82, 2.24) is 9.97 Å². The van der Waals surface area contributed by atoms with Crippen molar-refractivity contribution in [3.63, 3.8) is 0 Å². The Kier molecular flexibility index (Phi) is 3.14. The predicted octanol–water partition coefficient (Wildman–Crippen LogP) is 2.03. The van der Waals surface area contributed by atoms with Gasteiger partial charge in [-0.2, -0.15) is 0 Å². The highest BCUT2D eigenvalue weighted by Gasteiger charge is 2.11. The number of H-pyrrole nitrogens is 1. The second-order valence-corrected chi connectivity index (χ2v) is 4.09. The molecule has 0 atom stereocenters. The topological polar surface area (TPSA) is 71.8 Å². The molecule has 18 heavy (non-hydrogen) atoms. The zero-order valence-electron chi connectivity index (χ0n) is 10.2. The van der Waals surface area contributed by atoms with Crippen molar-refractivity contribution in [1.29, 1.82) is 0 Å². The fourth-order valence-electron chi connectivity index (χ4n) is 1.83. The molecule has 0 aliphatic carbocycles. The molecule has 0 radical (unpaired) electrons. The van der Waals surface area contributed by atoms with E-state index in [0.29, 0.717) is 23.4 Å². The quantitative estimate of drug-likeness (QED) is 0.852. The van der Waals surface area contributed by atoms with Crippen LogP contribution >= 0.6 is 0 Å². The first kappa shape index (κ1) is 12.3. The summed E-state index contributed by atoms with van der Waals surface area (Å²) >= 11 is 0. The third kappa shape index (κ3) is 2.11. The number of nitrogen functional groups attached to an aromatic ring is 1. The molecule has 0 bridgehead atoms. The number of rotatable bonds is 2. The van der Waals surface area contributed by atoms with Crippen LogP contribution in [0.15, 0.2) is 23.0 Å². The minimum atomic E-state index is -0.378. The number of anilines is 1. The zero-order valence-corrected chi connectivity index (χ0v) is 10.2. The van der Waals surface area contributed by atoms with Gasteiger partial charge < -0.3 is 10.7 Å². The number of hydrogen-bond donors (Lipinski definition) is 2.